The number of ketones is 1. The van der Waals surface area contributed by atoms with E-state index in [-0.39, 0.29) is 11.7 Å². The van der Waals surface area contributed by atoms with Crippen molar-refractivity contribution in [1.29, 1.82) is 0 Å². The number of hydrogen-bond acceptors (Lipinski definition) is 2. The van der Waals surface area contributed by atoms with Crippen LogP contribution in [0.2, 0.25) is 0 Å². The Balaban J connectivity index is 1.87. The zero-order valence-corrected chi connectivity index (χ0v) is 9.19. The first-order valence-electron chi connectivity index (χ1n) is 5.63. The third-order valence-corrected chi connectivity index (χ3v) is 2.88. The van der Waals surface area contributed by atoms with E-state index in [0.717, 1.165) is 18.5 Å². The van der Waals surface area contributed by atoms with Crippen LogP contribution in [0.15, 0.2) is 30.3 Å². The zero-order chi connectivity index (χ0) is 11.4. The van der Waals surface area contributed by atoms with Crippen LogP contribution in [0.3, 0.4) is 0 Å². The van der Waals surface area contributed by atoms with E-state index in [9.17, 15) is 9.59 Å². The van der Waals surface area contributed by atoms with E-state index in [0.29, 0.717) is 19.4 Å². The van der Waals surface area contributed by atoms with Gasteiger partial charge in [-0.05, 0) is 6.42 Å². The SMILES string of the molecule is O=C(CCN1CCCC1=O)c1ccccc1. The van der Waals surface area contributed by atoms with E-state index >= 15 is 0 Å². The van der Waals surface area contributed by atoms with Gasteiger partial charge in [-0.15, -0.1) is 0 Å². The van der Waals surface area contributed by atoms with Crippen molar-refractivity contribution in [1.82, 2.24) is 4.90 Å². The van der Waals surface area contributed by atoms with Crippen LogP contribution in [0.1, 0.15) is 29.6 Å². The zero-order valence-electron chi connectivity index (χ0n) is 9.19. The molecule has 0 unspecified atom stereocenters. The van der Waals surface area contributed by atoms with Crippen LogP contribution in [0.25, 0.3) is 0 Å². The highest BCUT2D eigenvalue weighted by molar-refractivity contribution is 5.96. The Morgan fingerprint density at radius 2 is 2.00 bits per heavy atom. The van der Waals surface area contributed by atoms with Crippen molar-refractivity contribution in [2.45, 2.75) is 19.3 Å². The summed E-state index contributed by atoms with van der Waals surface area (Å²) in [5.41, 5.74) is 0.731. The molecule has 3 heteroatoms. The molecule has 1 aliphatic heterocycles. The quantitative estimate of drug-likeness (QED) is 0.722. The largest absolute Gasteiger partial charge is 0.342 e. The Morgan fingerprint density at radius 3 is 2.62 bits per heavy atom. The van der Waals surface area contributed by atoms with Crippen LogP contribution in [0, 0.1) is 0 Å². The number of rotatable bonds is 4. The fourth-order valence-electron chi connectivity index (χ4n) is 1.95. The molecular formula is C13H15NO2. The highest BCUT2D eigenvalue weighted by Gasteiger charge is 2.20. The van der Waals surface area contributed by atoms with Crippen molar-refractivity contribution in [2.75, 3.05) is 13.1 Å². The van der Waals surface area contributed by atoms with Crippen LogP contribution in [-0.2, 0) is 4.79 Å². The topological polar surface area (TPSA) is 37.4 Å². The first-order valence-corrected chi connectivity index (χ1v) is 5.63. The van der Waals surface area contributed by atoms with Crippen LogP contribution in [-0.4, -0.2) is 29.7 Å². The summed E-state index contributed by atoms with van der Waals surface area (Å²) in [5, 5.41) is 0. The van der Waals surface area contributed by atoms with E-state index < -0.39 is 0 Å². The molecule has 2 rings (SSSR count). The van der Waals surface area contributed by atoms with Gasteiger partial charge in [0.15, 0.2) is 5.78 Å². The molecule has 3 nitrogen and oxygen atoms in total. The van der Waals surface area contributed by atoms with Crippen molar-refractivity contribution in [3.05, 3.63) is 35.9 Å². The van der Waals surface area contributed by atoms with Gasteiger partial charge in [-0.3, -0.25) is 9.59 Å². The predicted octanol–water partition coefficient (Wildman–Crippen LogP) is 1.88. The summed E-state index contributed by atoms with van der Waals surface area (Å²) in [4.78, 5) is 24.9. The molecule has 0 radical (unpaired) electrons. The average molecular weight is 217 g/mol. The van der Waals surface area contributed by atoms with Gasteiger partial charge in [0.2, 0.25) is 5.91 Å². The third-order valence-electron chi connectivity index (χ3n) is 2.88. The van der Waals surface area contributed by atoms with E-state index in [1.54, 1.807) is 4.90 Å². The Kier molecular flexibility index (Phi) is 3.34. The normalized spacial score (nSPS) is 15.5. The van der Waals surface area contributed by atoms with Gasteiger partial charge in [0.1, 0.15) is 0 Å². The minimum Gasteiger partial charge on any atom is -0.342 e. The molecule has 0 N–H and O–H groups in total. The maximum Gasteiger partial charge on any atom is 0.222 e. The van der Waals surface area contributed by atoms with Crippen molar-refractivity contribution in [2.24, 2.45) is 0 Å². The monoisotopic (exact) mass is 217 g/mol. The van der Waals surface area contributed by atoms with Gasteiger partial charge < -0.3 is 4.90 Å². The van der Waals surface area contributed by atoms with Gasteiger partial charge >= 0.3 is 0 Å². The third kappa shape index (κ3) is 2.48. The molecule has 1 saturated heterocycles. The van der Waals surface area contributed by atoms with Gasteiger partial charge in [0.05, 0.1) is 0 Å². The van der Waals surface area contributed by atoms with Crippen molar-refractivity contribution < 1.29 is 9.59 Å². The van der Waals surface area contributed by atoms with E-state index in [1.807, 2.05) is 30.3 Å². The molecule has 1 fully saturated rings. The highest BCUT2D eigenvalue weighted by atomic mass is 16.2. The molecule has 0 atom stereocenters. The maximum atomic E-state index is 11.8. The molecule has 1 aromatic rings. The predicted molar refractivity (Wildman–Crippen MR) is 61.2 cm³/mol. The lowest BCUT2D eigenvalue weighted by atomic mass is 10.1. The van der Waals surface area contributed by atoms with E-state index in [4.69, 9.17) is 0 Å². The minimum atomic E-state index is 0.111. The van der Waals surface area contributed by atoms with Crippen LogP contribution in [0.4, 0.5) is 0 Å². The van der Waals surface area contributed by atoms with Gasteiger partial charge in [-0.25, -0.2) is 0 Å². The molecule has 1 amide bonds. The molecule has 0 saturated carbocycles. The van der Waals surface area contributed by atoms with Crippen LogP contribution >= 0.6 is 0 Å². The van der Waals surface area contributed by atoms with E-state index in [1.165, 1.54) is 0 Å². The molecule has 0 bridgehead atoms. The summed E-state index contributed by atoms with van der Waals surface area (Å²) in [5.74, 6) is 0.293. The summed E-state index contributed by atoms with van der Waals surface area (Å²) in [6.45, 7) is 1.37. The molecule has 1 aliphatic rings. The number of benzene rings is 1. The van der Waals surface area contributed by atoms with Crippen molar-refractivity contribution in [3.8, 4) is 0 Å². The number of amides is 1. The Labute approximate surface area is 95.1 Å². The number of likely N-dealkylation sites (tertiary alicyclic amines) is 1. The summed E-state index contributed by atoms with van der Waals surface area (Å²) in [7, 11) is 0. The van der Waals surface area contributed by atoms with Gasteiger partial charge in [0.25, 0.3) is 0 Å². The molecule has 1 aromatic carbocycles. The lowest BCUT2D eigenvalue weighted by molar-refractivity contribution is -0.127. The van der Waals surface area contributed by atoms with E-state index in [2.05, 4.69) is 0 Å². The minimum absolute atomic E-state index is 0.111. The average Bonchev–Trinajstić information content (AvgIpc) is 2.73. The Bertz CT molecular complexity index is 386. The first-order chi connectivity index (χ1) is 7.77. The second-order valence-electron chi connectivity index (χ2n) is 4.02. The summed E-state index contributed by atoms with van der Waals surface area (Å²) in [6, 6.07) is 9.23. The molecule has 1 heterocycles. The fraction of sp³-hybridized carbons (Fsp3) is 0.385. The van der Waals surface area contributed by atoms with Gasteiger partial charge in [0, 0.05) is 31.5 Å². The van der Waals surface area contributed by atoms with Crippen molar-refractivity contribution in [3.63, 3.8) is 0 Å². The molecular weight excluding hydrogens is 202 g/mol. The molecule has 16 heavy (non-hydrogen) atoms. The Morgan fingerprint density at radius 1 is 1.25 bits per heavy atom. The molecule has 84 valence electrons. The standard InChI is InChI=1S/C13H15NO2/c15-12(11-5-2-1-3-6-11)8-10-14-9-4-7-13(14)16/h1-3,5-6H,4,7-10H2. The summed E-state index contributed by atoms with van der Waals surface area (Å²) in [6.07, 6.45) is 1.99. The van der Waals surface area contributed by atoms with Crippen molar-refractivity contribution >= 4 is 11.7 Å². The number of nitrogens with zero attached hydrogens (tertiary/aromatic N) is 1. The summed E-state index contributed by atoms with van der Waals surface area (Å²) >= 11 is 0. The molecule has 0 aliphatic carbocycles. The van der Waals surface area contributed by atoms with Gasteiger partial charge in [-0.2, -0.15) is 0 Å². The lowest BCUT2D eigenvalue weighted by Crippen LogP contribution is -2.27. The first kappa shape index (κ1) is 10.9. The number of carbonyl (C=O) groups is 2. The van der Waals surface area contributed by atoms with Crippen LogP contribution in [0.5, 0.6) is 0 Å². The number of carbonyl (C=O) groups excluding carboxylic acids is 2. The smallest absolute Gasteiger partial charge is 0.222 e. The lowest BCUT2D eigenvalue weighted by Gasteiger charge is -2.14. The number of hydrogen-bond donors (Lipinski definition) is 0. The van der Waals surface area contributed by atoms with Gasteiger partial charge in [-0.1, -0.05) is 30.3 Å². The molecule has 0 aromatic heterocycles. The fourth-order valence-corrected chi connectivity index (χ4v) is 1.95. The van der Waals surface area contributed by atoms with Crippen LogP contribution < -0.4 is 0 Å². The second-order valence-corrected chi connectivity index (χ2v) is 4.02. The second kappa shape index (κ2) is 4.92. The molecule has 0 spiro atoms. The summed E-state index contributed by atoms with van der Waals surface area (Å²) < 4.78 is 0. The maximum absolute atomic E-state index is 11.8. The highest BCUT2D eigenvalue weighted by Crippen LogP contribution is 2.11. The number of Topliss-reactive ketones (excluding diaryl/α,β-unsaturated/α-hetero) is 1. The Hall–Kier alpha value is -1.64.